The molecule has 0 atom stereocenters. The molecular weight excluding hydrogens is 610 g/mol. The van der Waals surface area contributed by atoms with Crippen molar-refractivity contribution in [1.29, 1.82) is 0 Å². The number of fused-ring (bicyclic) bond motifs is 1. The van der Waals surface area contributed by atoms with Gasteiger partial charge in [0.25, 0.3) is 5.56 Å². The van der Waals surface area contributed by atoms with Gasteiger partial charge in [-0.3, -0.25) is 4.79 Å². The van der Waals surface area contributed by atoms with E-state index in [0.29, 0.717) is 33.5 Å². The fraction of sp³-hybridized carbons (Fsp3) is 0.300. The highest BCUT2D eigenvalue weighted by Crippen LogP contribution is 2.42. The van der Waals surface area contributed by atoms with Gasteiger partial charge in [0.05, 0.1) is 28.7 Å². The molecule has 1 fully saturated rings. The van der Waals surface area contributed by atoms with Gasteiger partial charge >= 0.3 is 0 Å². The molecule has 1 aliphatic carbocycles. The fourth-order valence-electron chi connectivity index (χ4n) is 4.82. The van der Waals surface area contributed by atoms with Crippen LogP contribution in [0.1, 0.15) is 60.5 Å². The van der Waals surface area contributed by atoms with Crippen molar-refractivity contribution in [1.82, 2.24) is 9.66 Å². The lowest BCUT2D eigenvalue weighted by Crippen LogP contribution is -2.25. The lowest BCUT2D eigenvalue weighted by atomic mass is 9.88. The molecular formula is C30H29Br2N3O3. The molecule has 0 saturated heterocycles. The number of hydrogen-bond donors (Lipinski definition) is 0. The smallest absolute Gasteiger partial charge is 0.282 e. The highest BCUT2D eigenvalue weighted by molar-refractivity contribution is 9.13. The van der Waals surface area contributed by atoms with Gasteiger partial charge < -0.3 is 9.47 Å². The number of aryl methyl sites for hydroxylation is 1. The number of para-hydroxylation sites is 1. The van der Waals surface area contributed by atoms with Gasteiger partial charge in [0.2, 0.25) is 0 Å². The number of ether oxygens (including phenoxy) is 2. The van der Waals surface area contributed by atoms with Crippen LogP contribution in [0, 0.1) is 6.92 Å². The Bertz CT molecular complexity index is 1540. The molecule has 1 aliphatic rings. The Morgan fingerprint density at radius 1 is 1.05 bits per heavy atom. The summed E-state index contributed by atoms with van der Waals surface area (Å²) < 4.78 is 14.7. The first-order chi connectivity index (χ1) is 18.5. The van der Waals surface area contributed by atoms with E-state index in [4.69, 9.17) is 14.5 Å². The van der Waals surface area contributed by atoms with Crippen molar-refractivity contribution in [3.63, 3.8) is 0 Å². The normalized spacial score (nSPS) is 14.3. The van der Waals surface area contributed by atoms with Crippen molar-refractivity contribution >= 4 is 49.0 Å². The van der Waals surface area contributed by atoms with Crippen LogP contribution in [0.3, 0.4) is 0 Å². The second kappa shape index (κ2) is 11.8. The van der Waals surface area contributed by atoms with Gasteiger partial charge in [0.15, 0.2) is 11.5 Å². The van der Waals surface area contributed by atoms with E-state index >= 15 is 0 Å². The molecule has 0 amide bonds. The SMILES string of the molecule is COc1cc(C=Nn2c(C3CCCCC3)nc3ccccc3c2=O)c(Br)c(Br)c1OCc1ccc(C)cc1. The Kier molecular flexibility index (Phi) is 8.29. The van der Waals surface area contributed by atoms with E-state index in [0.717, 1.165) is 47.1 Å². The summed E-state index contributed by atoms with van der Waals surface area (Å²) in [5, 5.41) is 5.24. The third-order valence-corrected chi connectivity index (χ3v) is 9.08. The third kappa shape index (κ3) is 5.57. The average Bonchev–Trinajstić information content (AvgIpc) is 2.95. The molecule has 4 aromatic rings. The zero-order valence-electron chi connectivity index (χ0n) is 21.4. The highest BCUT2D eigenvalue weighted by atomic mass is 79.9. The van der Waals surface area contributed by atoms with Gasteiger partial charge in [-0.1, -0.05) is 61.2 Å². The zero-order chi connectivity index (χ0) is 26.6. The van der Waals surface area contributed by atoms with Gasteiger partial charge in [-0.05, 0) is 75.4 Å². The number of methoxy groups -OCH3 is 1. The molecule has 0 spiro atoms. The number of hydrogen-bond acceptors (Lipinski definition) is 5. The van der Waals surface area contributed by atoms with Crippen LogP contribution in [-0.2, 0) is 6.61 Å². The molecule has 3 aromatic carbocycles. The summed E-state index contributed by atoms with van der Waals surface area (Å²) in [6.07, 6.45) is 7.18. The average molecular weight is 639 g/mol. The maximum Gasteiger partial charge on any atom is 0.282 e. The molecule has 1 heterocycles. The van der Waals surface area contributed by atoms with Gasteiger partial charge in [-0.25, -0.2) is 4.98 Å². The fourth-order valence-corrected chi connectivity index (χ4v) is 5.76. The Balaban J connectivity index is 1.51. The molecule has 0 radical (unpaired) electrons. The highest BCUT2D eigenvalue weighted by Gasteiger charge is 2.23. The van der Waals surface area contributed by atoms with E-state index in [1.807, 2.05) is 36.4 Å². The summed E-state index contributed by atoms with van der Waals surface area (Å²) in [6, 6.07) is 17.5. The Morgan fingerprint density at radius 3 is 2.53 bits per heavy atom. The third-order valence-electron chi connectivity index (χ3n) is 6.94. The van der Waals surface area contributed by atoms with Crippen molar-refractivity contribution in [3.05, 3.63) is 96.4 Å². The molecule has 0 N–H and O–H groups in total. The Labute approximate surface area is 239 Å². The molecule has 8 heteroatoms. The Hall–Kier alpha value is -2.97. The van der Waals surface area contributed by atoms with Gasteiger partial charge in [-0.2, -0.15) is 9.78 Å². The van der Waals surface area contributed by atoms with E-state index in [2.05, 4.69) is 56.0 Å². The minimum Gasteiger partial charge on any atom is -0.493 e. The molecule has 1 saturated carbocycles. The second-order valence-corrected chi connectivity index (χ2v) is 11.2. The first-order valence-electron chi connectivity index (χ1n) is 12.8. The molecule has 196 valence electrons. The number of benzene rings is 3. The molecule has 0 unspecified atom stereocenters. The van der Waals surface area contributed by atoms with Gasteiger partial charge in [0, 0.05) is 16.0 Å². The summed E-state index contributed by atoms with van der Waals surface area (Å²) in [5.41, 5.74) is 3.56. The van der Waals surface area contributed by atoms with Gasteiger partial charge in [0.1, 0.15) is 12.4 Å². The summed E-state index contributed by atoms with van der Waals surface area (Å²) >= 11 is 7.34. The molecule has 0 bridgehead atoms. The van der Waals surface area contributed by atoms with Gasteiger partial charge in [-0.15, -0.1) is 0 Å². The summed E-state index contributed by atoms with van der Waals surface area (Å²) in [5.74, 6) is 2.08. The van der Waals surface area contributed by atoms with Crippen LogP contribution >= 0.6 is 31.9 Å². The summed E-state index contributed by atoms with van der Waals surface area (Å²) in [6.45, 7) is 2.46. The predicted octanol–water partition coefficient (Wildman–Crippen LogP) is 7.75. The lowest BCUT2D eigenvalue weighted by molar-refractivity contribution is 0.282. The minimum atomic E-state index is -0.160. The lowest BCUT2D eigenvalue weighted by Gasteiger charge is -2.22. The van der Waals surface area contributed by atoms with E-state index < -0.39 is 0 Å². The summed E-state index contributed by atoms with van der Waals surface area (Å²) in [7, 11) is 1.61. The van der Waals surface area contributed by atoms with Crippen molar-refractivity contribution in [2.45, 2.75) is 51.6 Å². The summed E-state index contributed by atoms with van der Waals surface area (Å²) in [4.78, 5) is 18.4. The van der Waals surface area contributed by atoms with E-state index in [1.165, 1.54) is 16.7 Å². The Morgan fingerprint density at radius 2 is 1.79 bits per heavy atom. The van der Waals surface area contributed by atoms with Crippen LogP contribution < -0.4 is 15.0 Å². The van der Waals surface area contributed by atoms with Crippen LogP contribution in [0.15, 0.2) is 73.4 Å². The maximum absolute atomic E-state index is 13.5. The number of rotatable bonds is 7. The topological polar surface area (TPSA) is 65.7 Å². The van der Waals surface area contributed by atoms with E-state index in [9.17, 15) is 4.79 Å². The van der Waals surface area contributed by atoms with Crippen LogP contribution in [0.5, 0.6) is 11.5 Å². The standard InChI is InChI=1S/C30H29Br2N3O3/c1-19-12-14-20(15-13-19)18-38-28-25(37-2)16-22(26(31)27(28)32)17-33-35-29(21-8-4-3-5-9-21)34-24-11-7-6-10-23(24)30(35)36/h6-7,10-17,21H,3-5,8-9,18H2,1-2H3. The van der Waals surface area contributed by atoms with Crippen LogP contribution in [0.2, 0.25) is 0 Å². The number of halogens is 2. The predicted molar refractivity (Wildman–Crippen MR) is 159 cm³/mol. The minimum absolute atomic E-state index is 0.160. The maximum atomic E-state index is 13.5. The number of aromatic nitrogens is 2. The largest absolute Gasteiger partial charge is 0.493 e. The first-order valence-corrected chi connectivity index (χ1v) is 14.3. The van der Waals surface area contributed by atoms with Crippen molar-refractivity contribution in [3.8, 4) is 11.5 Å². The van der Waals surface area contributed by atoms with Crippen molar-refractivity contribution in [2.24, 2.45) is 5.10 Å². The van der Waals surface area contributed by atoms with Crippen LogP contribution in [0.25, 0.3) is 10.9 Å². The van der Waals surface area contributed by atoms with Crippen LogP contribution in [0.4, 0.5) is 0 Å². The number of nitrogens with zero attached hydrogens (tertiary/aromatic N) is 3. The molecule has 5 rings (SSSR count). The quantitative estimate of drug-likeness (QED) is 0.194. The molecule has 1 aromatic heterocycles. The second-order valence-electron chi connectivity index (χ2n) is 9.58. The molecule has 6 nitrogen and oxygen atoms in total. The van der Waals surface area contributed by atoms with Crippen molar-refractivity contribution < 1.29 is 9.47 Å². The van der Waals surface area contributed by atoms with Crippen LogP contribution in [-0.4, -0.2) is 23.0 Å². The first kappa shape index (κ1) is 26.6. The monoisotopic (exact) mass is 637 g/mol. The molecule has 38 heavy (non-hydrogen) atoms. The van der Waals surface area contributed by atoms with E-state index in [-0.39, 0.29) is 11.5 Å². The molecule has 0 aliphatic heterocycles. The van der Waals surface area contributed by atoms with Crippen molar-refractivity contribution in [2.75, 3.05) is 7.11 Å². The van der Waals surface area contributed by atoms with E-state index in [1.54, 1.807) is 19.4 Å². The zero-order valence-corrected chi connectivity index (χ0v) is 24.6.